The Morgan fingerprint density at radius 1 is 0.704 bits per heavy atom. The summed E-state index contributed by atoms with van der Waals surface area (Å²) in [7, 11) is 0. The minimum Gasteiger partial charge on any atom is -0.323 e. The molecule has 4 aromatic rings. The fourth-order valence-electron chi connectivity index (χ4n) is 3.38. The monoisotopic (exact) mass is 351 g/mol. The van der Waals surface area contributed by atoms with Gasteiger partial charge < -0.3 is 5.32 Å². The number of nitrogens with zero attached hydrogens (tertiary/aromatic N) is 4. The Balaban J connectivity index is 1.52. The fourth-order valence-corrected chi connectivity index (χ4v) is 3.38. The Bertz CT molecular complexity index is 1080. The molecule has 0 saturated heterocycles. The van der Waals surface area contributed by atoms with E-state index in [1.807, 2.05) is 24.3 Å². The summed E-state index contributed by atoms with van der Waals surface area (Å²) < 4.78 is 1.80. The maximum atomic E-state index is 4.14. The van der Waals surface area contributed by atoms with E-state index in [2.05, 4.69) is 87.6 Å². The molecule has 0 saturated carbocycles. The van der Waals surface area contributed by atoms with Gasteiger partial charge in [-0.3, -0.25) is 0 Å². The highest BCUT2D eigenvalue weighted by atomic mass is 15.6. The van der Waals surface area contributed by atoms with Crippen LogP contribution in [0.2, 0.25) is 0 Å². The first-order valence-electron chi connectivity index (χ1n) is 8.86. The van der Waals surface area contributed by atoms with Crippen LogP contribution in [0.25, 0.3) is 16.8 Å². The third-order valence-electron chi connectivity index (χ3n) is 4.77. The third kappa shape index (κ3) is 2.89. The normalized spacial score (nSPS) is 15.6. The zero-order valence-corrected chi connectivity index (χ0v) is 14.5. The van der Waals surface area contributed by atoms with E-state index in [0.717, 1.165) is 16.8 Å². The summed E-state index contributed by atoms with van der Waals surface area (Å²) in [6, 6.07) is 29.1. The molecule has 0 radical (unpaired) electrons. The highest BCUT2D eigenvalue weighted by molar-refractivity contribution is 5.78. The standard InChI is InChI=1S/C22H17N5/c1-3-7-16(8-4-1)17-11-13-18(14-12-17)20-15-21(19-9-5-2-6-10-19)27-22(23-20)24-25-26-27/h1-15,21H,(H,23,24,26)/t21-/m1/s1. The molecule has 5 nitrogen and oxygen atoms in total. The van der Waals surface area contributed by atoms with Gasteiger partial charge in [0.1, 0.15) is 6.04 Å². The molecule has 0 bridgehead atoms. The first-order valence-corrected chi connectivity index (χ1v) is 8.86. The Kier molecular flexibility index (Phi) is 3.76. The zero-order chi connectivity index (χ0) is 18.1. The molecule has 0 unspecified atom stereocenters. The number of benzene rings is 3. The van der Waals surface area contributed by atoms with E-state index < -0.39 is 0 Å². The molecule has 0 aliphatic carbocycles. The number of anilines is 1. The summed E-state index contributed by atoms with van der Waals surface area (Å²) in [6.45, 7) is 0. The Morgan fingerprint density at radius 2 is 1.33 bits per heavy atom. The zero-order valence-electron chi connectivity index (χ0n) is 14.5. The van der Waals surface area contributed by atoms with Crippen molar-refractivity contribution in [1.29, 1.82) is 0 Å². The molecule has 5 rings (SSSR count). The quantitative estimate of drug-likeness (QED) is 0.594. The van der Waals surface area contributed by atoms with Crippen molar-refractivity contribution >= 4 is 11.6 Å². The predicted molar refractivity (Wildman–Crippen MR) is 106 cm³/mol. The lowest BCUT2D eigenvalue weighted by Gasteiger charge is -2.23. The van der Waals surface area contributed by atoms with Gasteiger partial charge in [-0.05, 0) is 38.8 Å². The average molecular weight is 351 g/mol. The number of hydrogen-bond donors (Lipinski definition) is 1. The van der Waals surface area contributed by atoms with Crippen LogP contribution in [0.1, 0.15) is 17.2 Å². The van der Waals surface area contributed by atoms with Crippen LogP contribution in [0.15, 0.2) is 91.0 Å². The molecule has 0 spiro atoms. The first-order chi connectivity index (χ1) is 13.4. The molecule has 1 aliphatic heterocycles. The van der Waals surface area contributed by atoms with Crippen LogP contribution in [-0.2, 0) is 0 Å². The second-order valence-corrected chi connectivity index (χ2v) is 6.45. The van der Waals surface area contributed by atoms with Crippen LogP contribution < -0.4 is 5.32 Å². The second-order valence-electron chi connectivity index (χ2n) is 6.45. The fraction of sp³-hybridized carbons (Fsp3) is 0.0455. The van der Waals surface area contributed by atoms with Crippen molar-refractivity contribution in [2.45, 2.75) is 6.04 Å². The lowest BCUT2D eigenvalue weighted by molar-refractivity contribution is 0.586. The van der Waals surface area contributed by atoms with Gasteiger partial charge in [0.2, 0.25) is 5.95 Å². The molecule has 130 valence electrons. The van der Waals surface area contributed by atoms with Crippen LogP contribution in [0, 0.1) is 0 Å². The smallest absolute Gasteiger partial charge is 0.248 e. The number of allylic oxidation sites excluding steroid dienone is 1. The maximum Gasteiger partial charge on any atom is 0.248 e. The number of fused-ring (bicyclic) bond motifs is 1. The van der Waals surface area contributed by atoms with Gasteiger partial charge in [0, 0.05) is 5.70 Å². The molecule has 1 aromatic heterocycles. The molecule has 1 aliphatic rings. The molecule has 5 heteroatoms. The van der Waals surface area contributed by atoms with Gasteiger partial charge in [-0.15, -0.1) is 0 Å². The highest BCUT2D eigenvalue weighted by Crippen LogP contribution is 2.32. The Morgan fingerprint density at radius 3 is 2.07 bits per heavy atom. The van der Waals surface area contributed by atoms with Crippen molar-refractivity contribution in [1.82, 2.24) is 20.2 Å². The summed E-state index contributed by atoms with van der Waals surface area (Å²) in [6.07, 6.45) is 2.16. The second kappa shape index (κ2) is 6.53. The van der Waals surface area contributed by atoms with Crippen molar-refractivity contribution in [3.63, 3.8) is 0 Å². The number of tetrazole rings is 1. The van der Waals surface area contributed by atoms with E-state index in [1.165, 1.54) is 11.1 Å². The Hall–Kier alpha value is -3.73. The molecule has 1 atom stereocenters. The van der Waals surface area contributed by atoms with Crippen LogP contribution >= 0.6 is 0 Å². The SMILES string of the molecule is C1=C(c2ccc(-c3ccccc3)cc2)Nc2nnnn2[C@H]1c1ccccc1. The summed E-state index contributed by atoms with van der Waals surface area (Å²) in [5.41, 5.74) is 5.66. The van der Waals surface area contributed by atoms with Crippen molar-refractivity contribution in [3.8, 4) is 11.1 Å². The highest BCUT2D eigenvalue weighted by Gasteiger charge is 2.24. The minimum absolute atomic E-state index is 0.0405. The van der Waals surface area contributed by atoms with Crippen LogP contribution in [0.4, 0.5) is 5.95 Å². The van der Waals surface area contributed by atoms with Gasteiger partial charge in [-0.1, -0.05) is 90.0 Å². The molecule has 0 amide bonds. The van der Waals surface area contributed by atoms with Crippen molar-refractivity contribution in [2.75, 3.05) is 5.32 Å². The summed E-state index contributed by atoms with van der Waals surface area (Å²) in [5.74, 6) is 0.647. The van der Waals surface area contributed by atoms with Gasteiger partial charge in [0.15, 0.2) is 0 Å². The van der Waals surface area contributed by atoms with Gasteiger partial charge in [-0.2, -0.15) is 4.68 Å². The Labute approximate surface area is 157 Å². The van der Waals surface area contributed by atoms with E-state index in [9.17, 15) is 0 Å². The lowest BCUT2D eigenvalue weighted by atomic mass is 9.99. The predicted octanol–water partition coefficient (Wildman–Crippen LogP) is 4.40. The third-order valence-corrected chi connectivity index (χ3v) is 4.77. The van der Waals surface area contributed by atoms with Crippen LogP contribution in [-0.4, -0.2) is 20.2 Å². The van der Waals surface area contributed by atoms with Crippen LogP contribution in [0.3, 0.4) is 0 Å². The maximum absolute atomic E-state index is 4.14. The number of hydrogen-bond acceptors (Lipinski definition) is 4. The average Bonchev–Trinajstić information content (AvgIpc) is 3.23. The van der Waals surface area contributed by atoms with Gasteiger partial charge in [0.05, 0.1) is 0 Å². The van der Waals surface area contributed by atoms with Crippen LogP contribution in [0.5, 0.6) is 0 Å². The molecule has 0 fully saturated rings. The molecule has 1 N–H and O–H groups in total. The van der Waals surface area contributed by atoms with Crippen molar-refractivity contribution in [2.24, 2.45) is 0 Å². The van der Waals surface area contributed by atoms with E-state index >= 15 is 0 Å². The minimum atomic E-state index is -0.0405. The molecule has 3 aromatic carbocycles. The first kappa shape index (κ1) is 15.5. The van der Waals surface area contributed by atoms with Crippen molar-refractivity contribution < 1.29 is 0 Å². The summed E-state index contributed by atoms with van der Waals surface area (Å²) in [4.78, 5) is 0. The topological polar surface area (TPSA) is 55.6 Å². The van der Waals surface area contributed by atoms with Gasteiger partial charge in [0.25, 0.3) is 0 Å². The number of aromatic nitrogens is 4. The molecular weight excluding hydrogens is 334 g/mol. The lowest BCUT2D eigenvalue weighted by Crippen LogP contribution is -2.20. The number of rotatable bonds is 3. The largest absolute Gasteiger partial charge is 0.323 e. The summed E-state index contributed by atoms with van der Waals surface area (Å²) in [5, 5.41) is 15.4. The van der Waals surface area contributed by atoms with Gasteiger partial charge >= 0.3 is 0 Å². The van der Waals surface area contributed by atoms with E-state index in [1.54, 1.807) is 4.68 Å². The van der Waals surface area contributed by atoms with Crippen molar-refractivity contribution in [3.05, 3.63) is 102 Å². The molecule has 27 heavy (non-hydrogen) atoms. The van der Waals surface area contributed by atoms with E-state index in [4.69, 9.17) is 0 Å². The van der Waals surface area contributed by atoms with Gasteiger partial charge in [-0.25, -0.2) is 0 Å². The number of nitrogens with one attached hydrogen (secondary N) is 1. The van der Waals surface area contributed by atoms with E-state index in [-0.39, 0.29) is 6.04 Å². The molecular formula is C22H17N5. The van der Waals surface area contributed by atoms with E-state index in [0.29, 0.717) is 5.95 Å². The molecule has 2 heterocycles. The summed E-state index contributed by atoms with van der Waals surface area (Å²) >= 11 is 0.